The van der Waals surface area contributed by atoms with Crippen LogP contribution in [0.2, 0.25) is 0 Å². The molecule has 1 rings (SSSR count). The first-order chi connectivity index (χ1) is 10.4. The number of hydrogen-bond acceptors (Lipinski definition) is 6. The molecule has 0 aliphatic rings. The second-order valence-electron chi connectivity index (χ2n) is 5.13. The maximum absolute atomic E-state index is 11.8. The number of hydrogen-bond donors (Lipinski definition) is 1. The van der Waals surface area contributed by atoms with Crippen LogP contribution in [0, 0.1) is 0 Å². The van der Waals surface area contributed by atoms with Crippen LogP contribution in [0.25, 0.3) is 0 Å². The number of nitrogens with one attached hydrogen (secondary N) is 1. The van der Waals surface area contributed by atoms with E-state index in [-0.39, 0.29) is 13.2 Å². The standard InChI is InChI=1S/C14H23N3O5/c1-12(18)21-10-14(2,9-20-3)22-13(19)16-5-4-7-17-8-6-15-11-17/h6,8,11H,4-5,7,9-10H2,1-3H3,(H,16,19). The predicted molar refractivity (Wildman–Crippen MR) is 78.2 cm³/mol. The monoisotopic (exact) mass is 313 g/mol. The van der Waals surface area contributed by atoms with Crippen molar-refractivity contribution in [1.29, 1.82) is 0 Å². The van der Waals surface area contributed by atoms with Crippen molar-refractivity contribution < 1.29 is 23.8 Å². The van der Waals surface area contributed by atoms with Gasteiger partial charge in [0.2, 0.25) is 0 Å². The highest BCUT2D eigenvalue weighted by molar-refractivity contribution is 5.68. The smallest absolute Gasteiger partial charge is 0.407 e. The normalized spacial score (nSPS) is 13.2. The number of carbonyl (C=O) groups is 2. The molecule has 1 aromatic rings. The molecular weight excluding hydrogens is 290 g/mol. The highest BCUT2D eigenvalue weighted by atomic mass is 16.6. The lowest BCUT2D eigenvalue weighted by atomic mass is 10.1. The Kier molecular flexibility index (Phi) is 7.38. The highest BCUT2D eigenvalue weighted by Gasteiger charge is 2.30. The molecule has 0 radical (unpaired) electrons. The Hall–Kier alpha value is -2.09. The van der Waals surface area contributed by atoms with E-state index in [4.69, 9.17) is 14.2 Å². The number of aromatic nitrogens is 2. The summed E-state index contributed by atoms with van der Waals surface area (Å²) < 4.78 is 17.1. The van der Waals surface area contributed by atoms with Gasteiger partial charge in [0, 0.05) is 39.5 Å². The third kappa shape index (κ3) is 7.07. The summed E-state index contributed by atoms with van der Waals surface area (Å²) in [7, 11) is 1.48. The van der Waals surface area contributed by atoms with E-state index in [9.17, 15) is 9.59 Å². The Morgan fingerprint density at radius 2 is 2.14 bits per heavy atom. The quantitative estimate of drug-likeness (QED) is 0.539. The van der Waals surface area contributed by atoms with Gasteiger partial charge >= 0.3 is 12.1 Å². The fourth-order valence-corrected chi connectivity index (χ4v) is 1.79. The molecule has 8 nitrogen and oxygen atoms in total. The number of imidazole rings is 1. The van der Waals surface area contributed by atoms with Crippen LogP contribution in [-0.2, 0) is 25.5 Å². The topological polar surface area (TPSA) is 91.7 Å². The summed E-state index contributed by atoms with van der Waals surface area (Å²) in [4.78, 5) is 26.6. The van der Waals surface area contributed by atoms with Crippen molar-refractivity contribution >= 4 is 12.1 Å². The molecule has 8 heteroatoms. The summed E-state index contributed by atoms with van der Waals surface area (Å²) in [6, 6.07) is 0. The molecule has 0 saturated carbocycles. The van der Waals surface area contributed by atoms with Gasteiger partial charge in [-0.15, -0.1) is 0 Å². The van der Waals surface area contributed by atoms with Gasteiger partial charge in [0.15, 0.2) is 5.60 Å². The lowest BCUT2D eigenvalue weighted by Crippen LogP contribution is -2.44. The first-order valence-electron chi connectivity index (χ1n) is 7.00. The fourth-order valence-electron chi connectivity index (χ4n) is 1.79. The van der Waals surface area contributed by atoms with Crippen molar-refractivity contribution in [3.8, 4) is 0 Å². The summed E-state index contributed by atoms with van der Waals surface area (Å²) in [6.45, 7) is 4.23. The van der Waals surface area contributed by atoms with E-state index in [2.05, 4.69) is 10.3 Å². The van der Waals surface area contributed by atoms with Gasteiger partial charge in [-0.25, -0.2) is 9.78 Å². The number of nitrogens with zero attached hydrogens (tertiary/aromatic N) is 2. The molecule has 1 aromatic heterocycles. The summed E-state index contributed by atoms with van der Waals surface area (Å²) in [5.74, 6) is -0.438. The van der Waals surface area contributed by atoms with Gasteiger partial charge in [-0.05, 0) is 13.3 Å². The van der Waals surface area contributed by atoms with Crippen molar-refractivity contribution in [1.82, 2.24) is 14.9 Å². The number of ether oxygens (including phenoxy) is 3. The van der Waals surface area contributed by atoms with Crippen molar-refractivity contribution in [3.63, 3.8) is 0 Å². The zero-order chi connectivity index (χ0) is 16.4. The maximum Gasteiger partial charge on any atom is 0.407 e. The molecule has 22 heavy (non-hydrogen) atoms. The van der Waals surface area contributed by atoms with Gasteiger partial charge < -0.3 is 24.1 Å². The third-order valence-electron chi connectivity index (χ3n) is 2.79. The van der Waals surface area contributed by atoms with Gasteiger partial charge in [-0.1, -0.05) is 0 Å². The van der Waals surface area contributed by atoms with Crippen LogP contribution in [0.15, 0.2) is 18.7 Å². The van der Waals surface area contributed by atoms with Crippen molar-refractivity contribution in [2.24, 2.45) is 0 Å². The maximum atomic E-state index is 11.8. The minimum absolute atomic E-state index is 0.0569. The fraction of sp³-hybridized carbons (Fsp3) is 0.643. The molecule has 0 aliphatic heterocycles. The van der Waals surface area contributed by atoms with E-state index in [0.717, 1.165) is 13.0 Å². The van der Waals surface area contributed by atoms with Crippen LogP contribution in [-0.4, -0.2) is 54.1 Å². The Morgan fingerprint density at radius 1 is 1.36 bits per heavy atom. The lowest BCUT2D eigenvalue weighted by Gasteiger charge is -2.28. The van der Waals surface area contributed by atoms with Gasteiger partial charge in [0.25, 0.3) is 0 Å². The average molecular weight is 313 g/mol. The van der Waals surface area contributed by atoms with Crippen LogP contribution in [0.4, 0.5) is 4.79 Å². The number of alkyl carbamates (subject to hydrolysis) is 1. The minimum atomic E-state index is -1.02. The van der Waals surface area contributed by atoms with Gasteiger partial charge in [-0.2, -0.15) is 0 Å². The minimum Gasteiger partial charge on any atom is -0.462 e. The van der Waals surface area contributed by atoms with Crippen molar-refractivity contribution in [2.75, 3.05) is 26.9 Å². The SMILES string of the molecule is COCC(C)(COC(C)=O)OC(=O)NCCCn1ccnc1. The number of esters is 1. The zero-order valence-corrected chi connectivity index (χ0v) is 13.2. The van der Waals surface area contributed by atoms with Crippen LogP contribution in [0.5, 0.6) is 0 Å². The molecular formula is C14H23N3O5. The molecule has 0 bridgehead atoms. The molecule has 1 unspecified atom stereocenters. The molecule has 1 amide bonds. The van der Waals surface area contributed by atoms with Crippen LogP contribution in [0.3, 0.4) is 0 Å². The van der Waals surface area contributed by atoms with Crippen LogP contribution >= 0.6 is 0 Å². The molecule has 124 valence electrons. The Balaban J connectivity index is 2.31. The molecule has 0 fully saturated rings. The summed E-state index contributed by atoms with van der Waals surface area (Å²) in [5, 5.41) is 2.66. The molecule has 0 aromatic carbocycles. The lowest BCUT2D eigenvalue weighted by molar-refractivity contribution is -0.151. The van der Waals surface area contributed by atoms with Crippen LogP contribution < -0.4 is 5.32 Å². The van der Waals surface area contributed by atoms with Crippen LogP contribution in [0.1, 0.15) is 20.3 Å². The molecule has 1 heterocycles. The van der Waals surface area contributed by atoms with E-state index in [0.29, 0.717) is 6.54 Å². The molecule has 1 atom stereocenters. The van der Waals surface area contributed by atoms with Gasteiger partial charge in [0.1, 0.15) is 6.61 Å². The number of amides is 1. The summed E-state index contributed by atoms with van der Waals surface area (Å²) >= 11 is 0. The Labute approximate surface area is 129 Å². The zero-order valence-electron chi connectivity index (χ0n) is 13.2. The summed E-state index contributed by atoms with van der Waals surface area (Å²) in [5.41, 5.74) is -1.02. The molecule has 0 aliphatic carbocycles. The number of carbonyl (C=O) groups excluding carboxylic acids is 2. The second kappa shape index (κ2) is 9.04. The number of methoxy groups -OCH3 is 1. The average Bonchev–Trinajstić information content (AvgIpc) is 2.95. The third-order valence-corrected chi connectivity index (χ3v) is 2.79. The highest BCUT2D eigenvalue weighted by Crippen LogP contribution is 2.12. The molecule has 1 N–H and O–H groups in total. The first kappa shape index (κ1) is 18.0. The van der Waals surface area contributed by atoms with Gasteiger partial charge in [-0.3, -0.25) is 4.79 Å². The largest absolute Gasteiger partial charge is 0.462 e. The van der Waals surface area contributed by atoms with E-state index in [1.54, 1.807) is 19.4 Å². The predicted octanol–water partition coefficient (Wildman–Crippen LogP) is 0.968. The molecule has 0 spiro atoms. The first-order valence-corrected chi connectivity index (χ1v) is 7.00. The van der Waals surface area contributed by atoms with E-state index >= 15 is 0 Å². The summed E-state index contributed by atoms with van der Waals surface area (Å²) in [6.07, 6.45) is 5.45. The second-order valence-corrected chi connectivity index (χ2v) is 5.13. The van der Waals surface area contributed by atoms with Gasteiger partial charge in [0.05, 0.1) is 12.9 Å². The van der Waals surface area contributed by atoms with Crippen molar-refractivity contribution in [3.05, 3.63) is 18.7 Å². The Bertz CT molecular complexity index is 463. The molecule has 0 saturated heterocycles. The number of rotatable bonds is 9. The van der Waals surface area contributed by atoms with E-state index in [1.165, 1.54) is 14.0 Å². The van der Waals surface area contributed by atoms with E-state index < -0.39 is 17.7 Å². The van der Waals surface area contributed by atoms with E-state index in [1.807, 2.05) is 10.8 Å². The van der Waals surface area contributed by atoms with Crippen molar-refractivity contribution in [2.45, 2.75) is 32.4 Å². The number of aryl methyl sites for hydroxylation is 1. The Morgan fingerprint density at radius 3 is 2.73 bits per heavy atom.